The van der Waals surface area contributed by atoms with Crippen molar-refractivity contribution >= 4 is 27.3 Å². The van der Waals surface area contributed by atoms with Gasteiger partial charge in [-0.15, -0.1) is 0 Å². The molecule has 11 heteroatoms. The normalized spacial score (nSPS) is 12.5. The van der Waals surface area contributed by atoms with Crippen molar-refractivity contribution < 1.29 is 18.1 Å². The van der Waals surface area contributed by atoms with Crippen LogP contribution in [-0.2, 0) is 14.8 Å². The van der Waals surface area contributed by atoms with Gasteiger partial charge in [0.2, 0.25) is 15.9 Å². The van der Waals surface area contributed by atoms with Crippen molar-refractivity contribution in [2.75, 3.05) is 25.5 Å². The molecule has 0 aliphatic heterocycles. The third-order valence-corrected chi connectivity index (χ3v) is 4.46. The van der Waals surface area contributed by atoms with E-state index in [1.807, 2.05) is 6.92 Å². The topological polar surface area (TPSA) is 162 Å². The SMILES string of the molecule is CC(CN)N(C)C(=O)CCNc1ccc(S(N)(=O)=O)cc1[N+](=O)[O-]. The summed E-state index contributed by atoms with van der Waals surface area (Å²) in [7, 11) is -2.41. The number of rotatable bonds is 8. The van der Waals surface area contributed by atoms with Crippen LogP contribution in [0.4, 0.5) is 11.4 Å². The van der Waals surface area contributed by atoms with Crippen LogP contribution in [0.25, 0.3) is 0 Å². The highest BCUT2D eigenvalue weighted by Crippen LogP contribution is 2.27. The van der Waals surface area contributed by atoms with Crippen LogP contribution in [0.2, 0.25) is 0 Å². The predicted octanol–water partition coefficient (Wildman–Crippen LogP) is -0.150. The van der Waals surface area contributed by atoms with Gasteiger partial charge >= 0.3 is 0 Å². The van der Waals surface area contributed by atoms with Gasteiger partial charge < -0.3 is 16.0 Å². The first kappa shape index (κ1) is 19.8. The van der Waals surface area contributed by atoms with E-state index >= 15 is 0 Å². The summed E-state index contributed by atoms with van der Waals surface area (Å²) in [5.41, 5.74) is 5.16. The molecule has 1 atom stereocenters. The van der Waals surface area contributed by atoms with E-state index < -0.39 is 20.6 Å². The van der Waals surface area contributed by atoms with Crippen molar-refractivity contribution in [1.82, 2.24) is 4.90 Å². The second-order valence-electron chi connectivity index (χ2n) is 5.25. The summed E-state index contributed by atoms with van der Waals surface area (Å²) in [5, 5.41) is 18.8. The Morgan fingerprint density at radius 3 is 2.58 bits per heavy atom. The fourth-order valence-electron chi connectivity index (χ4n) is 1.87. The molecule has 0 saturated heterocycles. The van der Waals surface area contributed by atoms with Crippen LogP contribution in [0.5, 0.6) is 0 Å². The molecule has 1 unspecified atom stereocenters. The number of nitrogens with one attached hydrogen (secondary N) is 1. The molecule has 1 rings (SSSR count). The lowest BCUT2D eigenvalue weighted by Crippen LogP contribution is -2.40. The molecular formula is C13H21N5O5S. The summed E-state index contributed by atoms with van der Waals surface area (Å²) in [4.78, 5) is 23.4. The Labute approximate surface area is 140 Å². The van der Waals surface area contributed by atoms with Crippen LogP contribution in [0.15, 0.2) is 23.1 Å². The molecule has 24 heavy (non-hydrogen) atoms. The molecule has 0 aliphatic carbocycles. The second kappa shape index (κ2) is 8.04. The lowest BCUT2D eigenvalue weighted by molar-refractivity contribution is -0.384. The van der Waals surface area contributed by atoms with Crippen LogP contribution in [0, 0.1) is 10.1 Å². The second-order valence-corrected chi connectivity index (χ2v) is 6.81. The third kappa shape index (κ3) is 5.15. The predicted molar refractivity (Wildman–Crippen MR) is 88.9 cm³/mol. The van der Waals surface area contributed by atoms with Gasteiger partial charge in [-0.05, 0) is 19.1 Å². The van der Waals surface area contributed by atoms with E-state index in [9.17, 15) is 23.3 Å². The summed E-state index contributed by atoms with van der Waals surface area (Å²) in [6, 6.07) is 3.17. The number of amides is 1. The lowest BCUT2D eigenvalue weighted by Gasteiger charge is -2.23. The van der Waals surface area contributed by atoms with E-state index in [2.05, 4.69) is 5.32 Å². The van der Waals surface area contributed by atoms with Gasteiger partial charge in [-0.25, -0.2) is 13.6 Å². The Morgan fingerprint density at radius 2 is 2.08 bits per heavy atom. The minimum atomic E-state index is -4.04. The molecule has 10 nitrogen and oxygen atoms in total. The van der Waals surface area contributed by atoms with Gasteiger partial charge in [0.05, 0.1) is 9.82 Å². The molecule has 134 valence electrons. The maximum Gasteiger partial charge on any atom is 0.293 e. The molecule has 5 N–H and O–H groups in total. The van der Waals surface area contributed by atoms with Gasteiger partial charge in [0.15, 0.2) is 0 Å². The minimum absolute atomic E-state index is 0.106. The first-order chi connectivity index (χ1) is 11.1. The largest absolute Gasteiger partial charge is 0.379 e. The molecule has 0 bridgehead atoms. The number of anilines is 1. The molecular weight excluding hydrogens is 338 g/mol. The maximum absolute atomic E-state index is 11.9. The van der Waals surface area contributed by atoms with E-state index in [0.717, 1.165) is 12.1 Å². The molecule has 0 spiro atoms. The van der Waals surface area contributed by atoms with E-state index in [1.165, 1.54) is 11.0 Å². The van der Waals surface area contributed by atoms with Crippen molar-refractivity contribution in [2.24, 2.45) is 10.9 Å². The van der Waals surface area contributed by atoms with Gasteiger partial charge in [-0.1, -0.05) is 0 Å². The van der Waals surface area contributed by atoms with Crippen LogP contribution >= 0.6 is 0 Å². The van der Waals surface area contributed by atoms with Crippen LogP contribution in [0.3, 0.4) is 0 Å². The fraction of sp³-hybridized carbons (Fsp3) is 0.462. The van der Waals surface area contributed by atoms with Gasteiger partial charge in [0.25, 0.3) is 5.69 Å². The number of nitro benzene ring substituents is 1. The number of nitro groups is 1. The highest BCUT2D eigenvalue weighted by Gasteiger charge is 2.19. The van der Waals surface area contributed by atoms with Crippen LogP contribution < -0.4 is 16.2 Å². The maximum atomic E-state index is 11.9. The van der Waals surface area contributed by atoms with E-state index in [-0.39, 0.29) is 35.5 Å². The molecule has 0 radical (unpaired) electrons. The first-order valence-corrected chi connectivity index (χ1v) is 8.63. The number of hydrogen-bond donors (Lipinski definition) is 3. The van der Waals surface area contributed by atoms with Gasteiger partial charge in [-0.3, -0.25) is 14.9 Å². The van der Waals surface area contributed by atoms with E-state index in [1.54, 1.807) is 7.05 Å². The highest BCUT2D eigenvalue weighted by atomic mass is 32.2. The van der Waals surface area contributed by atoms with Crippen molar-refractivity contribution in [3.63, 3.8) is 0 Å². The Morgan fingerprint density at radius 1 is 1.46 bits per heavy atom. The molecule has 0 saturated carbocycles. The van der Waals surface area contributed by atoms with Crippen molar-refractivity contribution in [1.29, 1.82) is 0 Å². The molecule has 0 aromatic heterocycles. The van der Waals surface area contributed by atoms with Gasteiger partial charge in [-0.2, -0.15) is 0 Å². The van der Waals surface area contributed by atoms with E-state index in [4.69, 9.17) is 10.9 Å². The Balaban J connectivity index is 2.82. The Kier molecular flexibility index (Phi) is 6.63. The summed E-state index contributed by atoms with van der Waals surface area (Å²) >= 11 is 0. The van der Waals surface area contributed by atoms with Crippen molar-refractivity contribution in [3.8, 4) is 0 Å². The summed E-state index contributed by atoms with van der Waals surface area (Å²) in [6.07, 6.45) is 0.106. The zero-order chi connectivity index (χ0) is 18.5. The smallest absolute Gasteiger partial charge is 0.293 e. The zero-order valence-corrected chi connectivity index (χ0v) is 14.2. The van der Waals surface area contributed by atoms with E-state index in [0.29, 0.717) is 6.54 Å². The first-order valence-electron chi connectivity index (χ1n) is 7.08. The standard InChI is InChI=1S/C13H21N5O5S/c1-9(8-14)17(2)13(19)5-6-16-11-4-3-10(24(15,22)23)7-12(11)18(20)21/h3-4,7,9,16H,5-6,8,14H2,1-2H3,(H2,15,22,23). The number of likely N-dealkylation sites (N-methyl/N-ethyl adjacent to an activating group) is 1. The highest BCUT2D eigenvalue weighted by molar-refractivity contribution is 7.89. The Bertz CT molecular complexity index is 721. The summed E-state index contributed by atoms with van der Waals surface area (Å²) < 4.78 is 22.5. The number of primary sulfonamides is 1. The molecule has 1 amide bonds. The van der Waals surface area contributed by atoms with Gasteiger partial charge in [0, 0.05) is 38.7 Å². The number of carbonyl (C=O) groups is 1. The lowest BCUT2D eigenvalue weighted by atomic mass is 10.2. The molecule has 0 aliphatic rings. The number of carbonyl (C=O) groups excluding carboxylic acids is 1. The molecule has 0 heterocycles. The Hall–Kier alpha value is -2.24. The molecule has 1 aromatic rings. The van der Waals surface area contributed by atoms with Crippen molar-refractivity contribution in [2.45, 2.75) is 24.3 Å². The average Bonchev–Trinajstić information content (AvgIpc) is 2.52. The summed E-state index contributed by atoms with van der Waals surface area (Å²) in [5.74, 6) is -0.163. The number of hydrogen-bond acceptors (Lipinski definition) is 7. The monoisotopic (exact) mass is 359 g/mol. The number of sulfonamides is 1. The minimum Gasteiger partial charge on any atom is -0.379 e. The van der Waals surface area contributed by atoms with Crippen LogP contribution in [-0.4, -0.2) is 50.3 Å². The third-order valence-electron chi connectivity index (χ3n) is 3.54. The number of nitrogens with zero attached hydrogens (tertiary/aromatic N) is 2. The quantitative estimate of drug-likeness (QED) is 0.429. The average molecular weight is 359 g/mol. The number of benzene rings is 1. The van der Waals surface area contributed by atoms with Crippen molar-refractivity contribution in [3.05, 3.63) is 28.3 Å². The zero-order valence-electron chi connectivity index (χ0n) is 13.4. The van der Waals surface area contributed by atoms with Gasteiger partial charge in [0.1, 0.15) is 5.69 Å². The summed E-state index contributed by atoms with van der Waals surface area (Å²) in [6.45, 7) is 2.29. The fourth-order valence-corrected chi connectivity index (χ4v) is 2.41. The van der Waals surface area contributed by atoms with Crippen LogP contribution in [0.1, 0.15) is 13.3 Å². The molecule has 0 fully saturated rings. The molecule has 1 aromatic carbocycles. The number of nitrogens with two attached hydrogens (primary N) is 2.